The number of benzene rings is 2. The number of nitrogens with zero attached hydrogens (tertiary/aromatic N) is 1. The second kappa shape index (κ2) is 8.62. The van der Waals surface area contributed by atoms with Crippen LogP contribution in [0, 0.1) is 6.92 Å². The lowest BCUT2D eigenvalue weighted by Gasteiger charge is -2.08. The van der Waals surface area contributed by atoms with E-state index in [1.165, 1.54) is 32.9 Å². The monoisotopic (exact) mass is 402 g/mol. The molecule has 0 unspecified atom stereocenters. The lowest BCUT2D eigenvalue weighted by Crippen LogP contribution is -2.19. The molecular weight excluding hydrogens is 384 g/mol. The molecule has 2 N–H and O–H groups in total. The van der Waals surface area contributed by atoms with E-state index in [-0.39, 0.29) is 6.54 Å². The average Bonchev–Trinajstić information content (AvgIpc) is 3.07. The number of amides is 1. The summed E-state index contributed by atoms with van der Waals surface area (Å²) in [4.78, 5) is 17.2. The molecule has 3 aromatic rings. The maximum atomic E-state index is 10.6. The molecule has 0 saturated carbocycles. The van der Waals surface area contributed by atoms with Gasteiger partial charge in [-0.1, -0.05) is 41.6 Å². The van der Waals surface area contributed by atoms with Gasteiger partial charge in [0.25, 0.3) is 0 Å². The number of rotatable bonds is 6. The summed E-state index contributed by atoms with van der Waals surface area (Å²) in [5, 5.41) is 11.8. The smallest absolute Gasteiger partial charge is 0.405 e. The minimum absolute atomic E-state index is 0.236. The number of thiazole rings is 1. The van der Waals surface area contributed by atoms with Gasteiger partial charge in [-0.2, -0.15) is 0 Å². The molecule has 2 aromatic carbocycles. The number of thioether (sulfide) groups is 1. The highest BCUT2D eigenvalue weighted by Crippen LogP contribution is 2.37. The van der Waals surface area contributed by atoms with E-state index in [9.17, 15) is 4.79 Å². The van der Waals surface area contributed by atoms with Gasteiger partial charge >= 0.3 is 6.09 Å². The first-order valence-corrected chi connectivity index (χ1v) is 10.7. The van der Waals surface area contributed by atoms with Gasteiger partial charge in [0, 0.05) is 9.79 Å². The molecule has 0 fully saturated rings. The summed E-state index contributed by atoms with van der Waals surface area (Å²) in [6, 6.07) is 15.1. The fraction of sp³-hybridized carbons (Fsp3) is 0.158. The summed E-state index contributed by atoms with van der Waals surface area (Å²) in [6.07, 6.45) is 2.83. The summed E-state index contributed by atoms with van der Waals surface area (Å²) >= 11 is 4.88. The number of aryl methyl sites for hydroxylation is 1. The standard InChI is InChI=1S/C19H18N2O2S3/c1-12-3-5-13(6-4-12)14-7-15(24-2)9-16(8-14)25-18-11-20-17(26-18)10-21-19(22)23/h3-9,11,21H,10H2,1-2H3,(H,22,23). The molecule has 0 saturated heterocycles. The van der Waals surface area contributed by atoms with Crippen LogP contribution in [0.15, 0.2) is 62.7 Å². The van der Waals surface area contributed by atoms with E-state index in [2.05, 4.69) is 65.9 Å². The topological polar surface area (TPSA) is 62.2 Å². The second-order valence-electron chi connectivity index (χ2n) is 5.60. The van der Waals surface area contributed by atoms with Gasteiger partial charge in [-0.3, -0.25) is 0 Å². The summed E-state index contributed by atoms with van der Waals surface area (Å²) < 4.78 is 1.04. The van der Waals surface area contributed by atoms with Gasteiger partial charge in [0.2, 0.25) is 0 Å². The van der Waals surface area contributed by atoms with Crippen LogP contribution in [0.2, 0.25) is 0 Å². The van der Waals surface area contributed by atoms with E-state index in [1.54, 1.807) is 29.7 Å². The van der Waals surface area contributed by atoms with Crippen molar-refractivity contribution in [1.29, 1.82) is 0 Å². The lowest BCUT2D eigenvalue weighted by atomic mass is 10.0. The molecule has 0 radical (unpaired) electrons. The third kappa shape index (κ3) is 5.03. The van der Waals surface area contributed by atoms with Crippen molar-refractivity contribution in [1.82, 2.24) is 10.3 Å². The van der Waals surface area contributed by atoms with Crippen LogP contribution in [0.5, 0.6) is 0 Å². The zero-order valence-corrected chi connectivity index (χ0v) is 16.8. The van der Waals surface area contributed by atoms with Crippen molar-refractivity contribution in [2.24, 2.45) is 0 Å². The summed E-state index contributed by atoms with van der Waals surface area (Å²) in [5.74, 6) is 0. The number of hydrogen-bond donors (Lipinski definition) is 2. The predicted octanol–water partition coefficient (Wildman–Crippen LogP) is 5.76. The van der Waals surface area contributed by atoms with Crippen molar-refractivity contribution < 1.29 is 9.90 Å². The van der Waals surface area contributed by atoms with Crippen molar-refractivity contribution in [3.05, 3.63) is 59.2 Å². The SMILES string of the molecule is CSc1cc(Sc2cnc(CNC(=O)O)s2)cc(-c2ccc(C)cc2)c1. The molecule has 0 bridgehead atoms. The molecule has 4 nitrogen and oxygen atoms in total. The maximum Gasteiger partial charge on any atom is 0.405 e. The Kier molecular flexibility index (Phi) is 6.24. The Morgan fingerprint density at radius 2 is 1.88 bits per heavy atom. The van der Waals surface area contributed by atoms with Crippen molar-refractivity contribution in [3.8, 4) is 11.1 Å². The van der Waals surface area contributed by atoms with Gasteiger partial charge in [0.15, 0.2) is 0 Å². The van der Waals surface area contributed by atoms with E-state index >= 15 is 0 Å². The molecule has 0 aliphatic carbocycles. The Morgan fingerprint density at radius 1 is 1.15 bits per heavy atom. The van der Waals surface area contributed by atoms with Gasteiger partial charge in [-0.05, 0) is 42.5 Å². The number of carboxylic acid groups (broad SMARTS) is 1. The molecule has 0 atom stereocenters. The Bertz CT molecular complexity index is 907. The fourth-order valence-corrected chi connectivity index (χ4v) is 4.96. The van der Waals surface area contributed by atoms with Crippen molar-refractivity contribution >= 4 is 41.0 Å². The highest BCUT2D eigenvalue weighted by molar-refractivity contribution is 8.01. The molecule has 1 aromatic heterocycles. The van der Waals surface area contributed by atoms with E-state index in [1.807, 2.05) is 0 Å². The van der Waals surface area contributed by atoms with Crippen LogP contribution < -0.4 is 5.32 Å². The zero-order valence-electron chi connectivity index (χ0n) is 14.4. The quantitative estimate of drug-likeness (QED) is 0.513. The molecule has 0 aliphatic heterocycles. The number of nitrogens with one attached hydrogen (secondary N) is 1. The molecule has 7 heteroatoms. The van der Waals surface area contributed by atoms with Crippen molar-refractivity contribution in [3.63, 3.8) is 0 Å². The van der Waals surface area contributed by atoms with Crippen LogP contribution in [0.1, 0.15) is 10.6 Å². The predicted molar refractivity (Wildman–Crippen MR) is 109 cm³/mol. The fourth-order valence-electron chi connectivity index (χ4n) is 2.35. The van der Waals surface area contributed by atoms with Crippen LogP contribution in [0.4, 0.5) is 4.79 Å². The third-order valence-electron chi connectivity index (χ3n) is 3.64. The molecule has 0 spiro atoms. The molecule has 1 heterocycles. The van der Waals surface area contributed by atoms with Gasteiger partial charge in [-0.25, -0.2) is 9.78 Å². The lowest BCUT2D eigenvalue weighted by molar-refractivity contribution is 0.194. The van der Waals surface area contributed by atoms with Crippen molar-refractivity contribution in [2.75, 3.05) is 6.26 Å². The Hall–Kier alpha value is -1.96. The molecule has 134 valence electrons. The van der Waals surface area contributed by atoms with Crippen LogP contribution >= 0.6 is 34.9 Å². The Morgan fingerprint density at radius 3 is 2.58 bits per heavy atom. The highest BCUT2D eigenvalue weighted by Gasteiger charge is 2.08. The molecular formula is C19H18N2O2S3. The second-order valence-corrected chi connectivity index (χ2v) is 8.97. The van der Waals surface area contributed by atoms with E-state index in [0.717, 1.165) is 14.1 Å². The summed E-state index contributed by atoms with van der Waals surface area (Å²) in [5.41, 5.74) is 3.64. The normalized spacial score (nSPS) is 10.7. The van der Waals surface area contributed by atoms with E-state index in [4.69, 9.17) is 5.11 Å². The van der Waals surface area contributed by atoms with E-state index in [0.29, 0.717) is 0 Å². The number of carbonyl (C=O) groups is 1. The van der Waals surface area contributed by atoms with Gasteiger partial charge in [0.05, 0.1) is 17.0 Å². The minimum atomic E-state index is -1.04. The largest absolute Gasteiger partial charge is 0.465 e. The van der Waals surface area contributed by atoms with Crippen LogP contribution in [-0.4, -0.2) is 22.4 Å². The molecule has 1 amide bonds. The first-order valence-electron chi connectivity index (χ1n) is 7.89. The van der Waals surface area contributed by atoms with Gasteiger partial charge in [0.1, 0.15) is 5.01 Å². The first-order chi connectivity index (χ1) is 12.5. The molecule has 3 rings (SSSR count). The van der Waals surface area contributed by atoms with Gasteiger partial charge < -0.3 is 10.4 Å². The molecule has 26 heavy (non-hydrogen) atoms. The number of aromatic nitrogens is 1. The van der Waals surface area contributed by atoms with E-state index < -0.39 is 6.09 Å². The van der Waals surface area contributed by atoms with Gasteiger partial charge in [-0.15, -0.1) is 23.1 Å². The maximum absolute atomic E-state index is 10.6. The molecule has 0 aliphatic rings. The average molecular weight is 403 g/mol. The minimum Gasteiger partial charge on any atom is -0.465 e. The highest BCUT2D eigenvalue weighted by atomic mass is 32.2. The Labute approximate surface area is 165 Å². The first kappa shape index (κ1) is 18.8. The summed E-state index contributed by atoms with van der Waals surface area (Å²) in [7, 11) is 0. The Balaban J connectivity index is 1.82. The van der Waals surface area contributed by atoms with Crippen LogP contribution in [-0.2, 0) is 6.54 Å². The number of hydrogen-bond acceptors (Lipinski definition) is 5. The zero-order chi connectivity index (χ0) is 18.5. The third-order valence-corrected chi connectivity index (χ3v) is 6.42. The van der Waals surface area contributed by atoms with Crippen LogP contribution in [0.3, 0.4) is 0 Å². The van der Waals surface area contributed by atoms with Crippen molar-refractivity contribution in [2.45, 2.75) is 27.5 Å². The van der Waals surface area contributed by atoms with Crippen LogP contribution in [0.25, 0.3) is 11.1 Å². The summed E-state index contributed by atoms with van der Waals surface area (Å²) in [6.45, 7) is 2.32.